The summed E-state index contributed by atoms with van der Waals surface area (Å²) in [7, 11) is 0. The number of amides is 2. The molecule has 0 spiro atoms. The summed E-state index contributed by atoms with van der Waals surface area (Å²) in [6, 6.07) is 6.01. The lowest BCUT2D eigenvalue weighted by molar-refractivity contribution is 0.0828. The van der Waals surface area contributed by atoms with Crippen molar-refractivity contribution < 1.29 is 19.0 Å². The Morgan fingerprint density at radius 3 is 3.00 bits per heavy atom. The van der Waals surface area contributed by atoms with Gasteiger partial charge in [-0.05, 0) is 31.4 Å². The van der Waals surface area contributed by atoms with Gasteiger partial charge in [-0.3, -0.25) is 0 Å². The first-order valence-corrected chi connectivity index (χ1v) is 7.72. The van der Waals surface area contributed by atoms with Gasteiger partial charge in [0.15, 0.2) is 11.6 Å². The fourth-order valence-electron chi connectivity index (χ4n) is 2.44. The highest BCUT2D eigenvalue weighted by molar-refractivity contribution is 5.74. The number of rotatable bonds is 5. The van der Waals surface area contributed by atoms with E-state index < -0.39 is 11.9 Å². The summed E-state index contributed by atoms with van der Waals surface area (Å²) in [6.07, 6.45) is 1.44. The molecule has 0 unspecified atom stereocenters. The third-order valence-corrected chi connectivity index (χ3v) is 3.75. The molecule has 2 amide bonds. The van der Waals surface area contributed by atoms with Gasteiger partial charge in [-0.2, -0.15) is 0 Å². The molecule has 2 N–H and O–H groups in total. The summed E-state index contributed by atoms with van der Waals surface area (Å²) in [5.74, 6) is -0.219. The minimum Gasteiger partial charge on any atom is -0.486 e. The van der Waals surface area contributed by atoms with Crippen molar-refractivity contribution in [3.63, 3.8) is 0 Å². The number of hydrogen-bond donors (Lipinski definition) is 2. The van der Waals surface area contributed by atoms with Gasteiger partial charge >= 0.3 is 6.03 Å². The first-order valence-electron chi connectivity index (χ1n) is 7.72. The van der Waals surface area contributed by atoms with Gasteiger partial charge in [-0.1, -0.05) is 19.1 Å². The number of benzene rings is 1. The van der Waals surface area contributed by atoms with Crippen molar-refractivity contribution in [2.24, 2.45) is 0 Å². The number of halogens is 1. The zero-order chi connectivity index (χ0) is 15.9. The molecule has 1 aromatic carbocycles. The number of urea groups is 1. The number of piperidine rings is 1. The molecule has 2 rings (SSSR count). The van der Waals surface area contributed by atoms with E-state index in [0.717, 1.165) is 12.8 Å². The molecule has 0 saturated carbocycles. The summed E-state index contributed by atoms with van der Waals surface area (Å²) in [5.41, 5.74) is 0. The van der Waals surface area contributed by atoms with Crippen molar-refractivity contribution in [3.8, 4) is 5.75 Å². The maximum absolute atomic E-state index is 13.6. The molecule has 0 bridgehead atoms. The summed E-state index contributed by atoms with van der Waals surface area (Å²) in [5, 5.41) is 12.4. The Bertz CT molecular complexity index is 498. The molecule has 22 heavy (non-hydrogen) atoms. The normalized spacial score (nSPS) is 19.6. The van der Waals surface area contributed by atoms with E-state index in [1.54, 1.807) is 23.1 Å². The number of likely N-dealkylation sites (tertiary alicyclic amines) is 1. The molecular weight excluding hydrogens is 287 g/mol. The lowest BCUT2D eigenvalue weighted by atomic mass is 10.1. The van der Waals surface area contributed by atoms with Crippen LogP contribution >= 0.6 is 0 Å². The topological polar surface area (TPSA) is 61.8 Å². The molecule has 1 aliphatic rings. The first kappa shape index (κ1) is 16.5. The maximum atomic E-state index is 13.6. The third kappa shape index (κ3) is 4.59. The second-order valence-corrected chi connectivity index (χ2v) is 5.51. The smallest absolute Gasteiger partial charge is 0.317 e. The summed E-state index contributed by atoms with van der Waals surface area (Å²) in [6.45, 7) is 3.23. The van der Waals surface area contributed by atoms with E-state index in [4.69, 9.17) is 4.74 Å². The molecule has 5 nitrogen and oxygen atoms in total. The van der Waals surface area contributed by atoms with Gasteiger partial charge < -0.3 is 20.1 Å². The van der Waals surface area contributed by atoms with Crippen molar-refractivity contribution in [1.82, 2.24) is 10.2 Å². The number of carbonyl (C=O) groups is 1. The van der Waals surface area contributed by atoms with E-state index in [0.29, 0.717) is 26.1 Å². The van der Waals surface area contributed by atoms with Crippen LogP contribution < -0.4 is 10.1 Å². The highest BCUT2D eigenvalue weighted by Gasteiger charge is 2.22. The number of aliphatic hydroxyl groups is 1. The van der Waals surface area contributed by atoms with Gasteiger partial charge in [0.2, 0.25) is 0 Å². The molecule has 0 radical (unpaired) electrons. The van der Waals surface area contributed by atoms with Gasteiger partial charge in [0.05, 0.1) is 12.6 Å². The minimum absolute atomic E-state index is 0.192. The van der Waals surface area contributed by atoms with Crippen molar-refractivity contribution in [2.45, 2.75) is 38.4 Å². The molecule has 122 valence electrons. The predicted molar refractivity (Wildman–Crippen MR) is 81.3 cm³/mol. The molecule has 1 fully saturated rings. The first-order chi connectivity index (χ1) is 10.6. The largest absolute Gasteiger partial charge is 0.486 e. The van der Waals surface area contributed by atoms with Gasteiger partial charge in [0.25, 0.3) is 0 Å². The lowest BCUT2D eigenvalue weighted by Crippen LogP contribution is -2.49. The van der Waals surface area contributed by atoms with Crippen LogP contribution in [0.2, 0.25) is 0 Å². The average Bonchev–Trinajstić information content (AvgIpc) is 2.52. The SMILES string of the molecule is CC[C@H](CNC(=O)N1CCC[C@H](O)C1)Oc1ccccc1F. The Labute approximate surface area is 130 Å². The Kier molecular flexibility index (Phi) is 6.00. The molecule has 1 aliphatic heterocycles. The van der Waals surface area contributed by atoms with E-state index in [2.05, 4.69) is 5.32 Å². The Morgan fingerprint density at radius 1 is 1.55 bits per heavy atom. The van der Waals surface area contributed by atoms with E-state index in [1.165, 1.54) is 6.07 Å². The molecular formula is C16H23FN2O3. The van der Waals surface area contributed by atoms with Crippen LogP contribution in [0.15, 0.2) is 24.3 Å². The number of nitrogens with one attached hydrogen (secondary N) is 1. The van der Waals surface area contributed by atoms with Crippen molar-refractivity contribution >= 4 is 6.03 Å². The standard InChI is InChI=1S/C16H23FN2O3/c1-2-13(22-15-8-4-3-7-14(15)17)10-18-16(21)19-9-5-6-12(20)11-19/h3-4,7-8,12-13,20H,2,5-6,9-11H2,1H3,(H,18,21)/t12-,13+/m0/s1. The van der Waals surface area contributed by atoms with Gasteiger partial charge in [-0.25, -0.2) is 9.18 Å². The van der Waals surface area contributed by atoms with Crippen LogP contribution in [0, 0.1) is 5.82 Å². The van der Waals surface area contributed by atoms with Crippen LogP contribution in [-0.4, -0.2) is 47.9 Å². The fourth-order valence-corrected chi connectivity index (χ4v) is 2.44. The molecule has 0 aliphatic carbocycles. The summed E-state index contributed by atoms with van der Waals surface area (Å²) < 4.78 is 19.2. The van der Waals surface area contributed by atoms with Gasteiger partial charge in [0.1, 0.15) is 6.10 Å². The Hall–Kier alpha value is -1.82. The molecule has 1 saturated heterocycles. The zero-order valence-corrected chi connectivity index (χ0v) is 12.8. The van der Waals surface area contributed by atoms with Crippen LogP contribution in [0.5, 0.6) is 5.75 Å². The number of ether oxygens (including phenoxy) is 1. The highest BCUT2D eigenvalue weighted by atomic mass is 19.1. The number of para-hydroxylation sites is 1. The second kappa shape index (κ2) is 7.98. The monoisotopic (exact) mass is 310 g/mol. The minimum atomic E-state index is -0.448. The molecule has 2 atom stereocenters. The lowest BCUT2D eigenvalue weighted by Gasteiger charge is -2.30. The quantitative estimate of drug-likeness (QED) is 0.876. The number of aliphatic hydroxyl groups excluding tert-OH is 1. The Balaban J connectivity index is 1.83. The van der Waals surface area contributed by atoms with Crippen LogP contribution in [-0.2, 0) is 0 Å². The van der Waals surface area contributed by atoms with Crippen molar-refractivity contribution in [1.29, 1.82) is 0 Å². The van der Waals surface area contributed by atoms with E-state index in [9.17, 15) is 14.3 Å². The molecule has 6 heteroatoms. The summed E-state index contributed by atoms with van der Waals surface area (Å²) >= 11 is 0. The second-order valence-electron chi connectivity index (χ2n) is 5.51. The third-order valence-electron chi connectivity index (χ3n) is 3.75. The maximum Gasteiger partial charge on any atom is 0.317 e. The van der Waals surface area contributed by atoms with Gasteiger partial charge in [-0.15, -0.1) is 0 Å². The number of carbonyl (C=O) groups excluding carboxylic acids is 1. The molecule has 0 aromatic heterocycles. The van der Waals surface area contributed by atoms with Crippen LogP contribution in [0.4, 0.5) is 9.18 Å². The van der Waals surface area contributed by atoms with E-state index >= 15 is 0 Å². The van der Waals surface area contributed by atoms with Crippen molar-refractivity contribution in [2.75, 3.05) is 19.6 Å². The van der Waals surface area contributed by atoms with Crippen LogP contribution in [0.3, 0.4) is 0 Å². The number of hydrogen-bond acceptors (Lipinski definition) is 3. The fraction of sp³-hybridized carbons (Fsp3) is 0.562. The van der Waals surface area contributed by atoms with Crippen molar-refractivity contribution in [3.05, 3.63) is 30.1 Å². The Morgan fingerprint density at radius 2 is 2.32 bits per heavy atom. The zero-order valence-electron chi connectivity index (χ0n) is 12.8. The van der Waals surface area contributed by atoms with E-state index in [1.807, 2.05) is 6.92 Å². The van der Waals surface area contributed by atoms with E-state index in [-0.39, 0.29) is 17.9 Å². The van der Waals surface area contributed by atoms with Crippen LogP contribution in [0.25, 0.3) is 0 Å². The molecule has 1 heterocycles. The number of β-amino-alcohol motifs (C(OH)–C–C–N with tert-alkyl or cyclic N) is 1. The highest BCUT2D eigenvalue weighted by Crippen LogP contribution is 2.18. The average molecular weight is 310 g/mol. The predicted octanol–water partition coefficient (Wildman–Crippen LogP) is 2.15. The molecule has 1 aromatic rings. The summed E-state index contributed by atoms with van der Waals surface area (Å²) in [4.78, 5) is 13.7. The van der Waals surface area contributed by atoms with Crippen LogP contribution in [0.1, 0.15) is 26.2 Å². The van der Waals surface area contributed by atoms with Gasteiger partial charge in [0, 0.05) is 13.1 Å². The number of nitrogens with zero attached hydrogens (tertiary/aromatic N) is 1.